The Morgan fingerprint density at radius 1 is 0.900 bits per heavy atom. The number of ether oxygens (including phenoxy) is 1. The molecular weight excluding hydrogens is 380 g/mol. The predicted molar refractivity (Wildman–Crippen MR) is 114 cm³/mol. The van der Waals surface area contributed by atoms with Crippen molar-refractivity contribution in [2.24, 2.45) is 0 Å². The third-order valence-corrected chi connectivity index (χ3v) is 4.38. The first kappa shape index (κ1) is 20.8. The number of carbonyl (C=O) groups is 2. The highest BCUT2D eigenvalue weighted by Gasteiger charge is 2.14. The molecule has 152 valence electrons. The summed E-state index contributed by atoms with van der Waals surface area (Å²) in [7, 11) is 0. The number of rotatable bonds is 8. The molecule has 0 saturated carbocycles. The van der Waals surface area contributed by atoms with Gasteiger partial charge in [0.2, 0.25) is 5.91 Å². The lowest BCUT2D eigenvalue weighted by Gasteiger charge is -2.19. The molecule has 30 heavy (non-hydrogen) atoms. The van der Waals surface area contributed by atoms with Gasteiger partial charge in [-0.2, -0.15) is 0 Å². The Balaban J connectivity index is 1.66. The van der Waals surface area contributed by atoms with Gasteiger partial charge in [-0.25, -0.2) is 5.48 Å². The number of carbonyl (C=O) groups excluding carboxylic acids is 2. The molecule has 0 fully saturated rings. The first-order chi connectivity index (χ1) is 14.7. The van der Waals surface area contributed by atoms with Crippen molar-refractivity contribution in [3.05, 3.63) is 108 Å². The molecular formula is C24H22N2O4. The molecule has 0 aliphatic rings. The van der Waals surface area contributed by atoms with E-state index in [9.17, 15) is 9.59 Å². The van der Waals surface area contributed by atoms with Gasteiger partial charge < -0.3 is 10.1 Å². The van der Waals surface area contributed by atoms with Crippen LogP contribution in [0.25, 0.3) is 6.08 Å². The van der Waals surface area contributed by atoms with Gasteiger partial charge in [-0.3, -0.25) is 14.8 Å². The second-order valence-electron chi connectivity index (χ2n) is 6.49. The molecule has 3 aromatic carbocycles. The fraction of sp³-hybridized carbons (Fsp3) is 0.0833. The average molecular weight is 402 g/mol. The molecule has 3 aromatic rings. The van der Waals surface area contributed by atoms with Crippen LogP contribution in [0, 0.1) is 0 Å². The summed E-state index contributed by atoms with van der Waals surface area (Å²) >= 11 is 0. The molecule has 0 heterocycles. The molecule has 0 radical (unpaired) electrons. The van der Waals surface area contributed by atoms with E-state index in [0.29, 0.717) is 11.3 Å². The summed E-state index contributed by atoms with van der Waals surface area (Å²) in [6, 6.07) is 25.1. The molecule has 1 atom stereocenters. The van der Waals surface area contributed by atoms with Crippen LogP contribution < -0.4 is 15.5 Å². The summed E-state index contributed by atoms with van der Waals surface area (Å²) in [6.07, 6.45) is 3.25. The van der Waals surface area contributed by atoms with Gasteiger partial charge in [-0.05, 0) is 41.5 Å². The van der Waals surface area contributed by atoms with E-state index in [1.54, 1.807) is 35.8 Å². The van der Waals surface area contributed by atoms with Crippen LogP contribution in [0.1, 0.15) is 27.5 Å². The number of benzene rings is 3. The van der Waals surface area contributed by atoms with E-state index in [2.05, 4.69) is 5.32 Å². The standard InChI is InChI=1S/C24H22N2O4/c27-23(16-11-18-7-3-1-4-8-18)25-22(19-9-5-2-6-10-19)17-30-21-14-12-20(13-15-21)24(28)26-29/h1-16,22,29H,17H2,(H,25,27)(H,26,28)/b16-11+/t22-/m1/s1. The Kier molecular flexibility index (Phi) is 7.35. The molecule has 0 bridgehead atoms. The summed E-state index contributed by atoms with van der Waals surface area (Å²) in [4.78, 5) is 23.8. The lowest BCUT2D eigenvalue weighted by atomic mass is 10.1. The molecule has 3 rings (SSSR count). The average Bonchev–Trinajstić information content (AvgIpc) is 2.81. The SMILES string of the molecule is O=C(/C=C/c1ccccc1)N[C@H](COc1ccc(C(=O)NO)cc1)c1ccccc1. The van der Waals surface area contributed by atoms with Crippen molar-refractivity contribution in [1.29, 1.82) is 0 Å². The number of hydrogen-bond donors (Lipinski definition) is 3. The fourth-order valence-electron chi connectivity index (χ4n) is 2.81. The van der Waals surface area contributed by atoms with E-state index in [0.717, 1.165) is 11.1 Å². The van der Waals surface area contributed by atoms with Crippen molar-refractivity contribution in [2.75, 3.05) is 6.61 Å². The quantitative estimate of drug-likeness (QED) is 0.304. The normalized spacial score (nSPS) is 11.6. The lowest BCUT2D eigenvalue weighted by Crippen LogP contribution is -2.31. The van der Waals surface area contributed by atoms with Crippen molar-refractivity contribution < 1.29 is 19.5 Å². The van der Waals surface area contributed by atoms with Gasteiger partial charge in [-0.1, -0.05) is 60.7 Å². The first-order valence-corrected chi connectivity index (χ1v) is 9.41. The topological polar surface area (TPSA) is 87.7 Å². The van der Waals surface area contributed by atoms with E-state index in [4.69, 9.17) is 9.94 Å². The Hall–Kier alpha value is -3.90. The molecule has 6 heteroatoms. The van der Waals surface area contributed by atoms with Crippen LogP contribution in [0.4, 0.5) is 0 Å². The number of amides is 2. The zero-order valence-corrected chi connectivity index (χ0v) is 16.2. The highest BCUT2D eigenvalue weighted by Crippen LogP contribution is 2.17. The van der Waals surface area contributed by atoms with Crippen molar-refractivity contribution in [3.8, 4) is 5.75 Å². The van der Waals surface area contributed by atoms with Crippen molar-refractivity contribution >= 4 is 17.9 Å². The third-order valence-electron chi connectivity index (χ3n) is 4.38. The van der Waals surface area contributed by atoms with E-state index in [1.807, 2.05) is 60.7 Å². The van der Waals surface area contributed by atoms with Crippen LogP contribution in [0.15, 0.2) is 91.0 Å². The minimum Gasteiger partial charge on any atom is -0.491 e. The summed E-state index contributed by atoms with van der Waals surface area (Å²) in [5.74, 6) is -0.285. The Bertz CT molecular complexity index is 987. The lowest BCUT2D eigenvalue weighted by molar-refractivity contribution is -0.117. The van der Waals surface area contributed by atoms with Crippen molar-refractivity contribution in [2.45, 2.75) is 6.04 Å². The van der Waals surface area contributed by atoms with Crippen LogP contribution in [0.5, 0.6) is 5.75 Å². The zero-order valence-electron chi connectivity index (χ0n) is 16.2. The molecule has 0 unspecified atom stereocenters. The maximum Gasteiger partial charge on any atom is 0.274 e. The molecule has 0 aromatic heterocycles. The molecule has 3 N–H and O–H groups in total. The van der Waals surface area contributed by atoms with Gasteiger partial charge in [0.05, 0.1) is 6.04 Å². The van der Waals surface area contributed by atoms with E-state index in [1.165, 1.54) is 6.08 Å². The fourth-order valence-corrected chi connectivity index (χ4v) is 2.81. The van der Waals surface area contributed by atoms with Gasteiger partial charge in [0.15, 0.2) is 0 Å². The zero-order chi connectivity index (χ0) is 21.2. The van der Waals surface area contributed by atoms with Gasteiger partial charge >= 0.3 is 0 Å². The van der Waals surface area contributed by atoms with Crippen molar-refractivity contribution in [1.82, 2.24) is 10.8 Å². The van der Waals surface area contributed by atoms with E-state index >= 15 is 0 Å². The van der Waals surface area contributed by atoms with Gasteiger partial charge in [0, 0.05) is 11.6 Å². The third kappa shape index (κ3) is 6.05. The Labute approximate surface area is 174 Å². The maximum absolute atomic E-state index is 12.4. The summed E-state index contributed by atoms with van der Waals surface area (Å²) in [5, 5.41) is 11.6. The van der Waals surface area contributed by atoms with Gasteiger partial charge in [-0.15, -0.1) is 0 Å². The molecule has 6 nitrogen and oxygen atoms in total. The summed E-state index contributed by atoms with van der Waals surface area (Å²) < 4.78 is 5.82. The van der Waals surface area contributed by atoms with Crippen LogP contribution in [0.3, 0.4) is 0 Å². The Morgan fingerprint density at radius 2 is 1.53 bits per heavy atom. The van der Waals surface area contributed by atoms with Crippen LogP contribution in [-0.2, 0) is 4.79 Å². The molecule has 0 saturated heterocycles. The number of nitrogens with one attached hydrogen (secondary N) is 2. The predicted octanol–water partition coefficient (Wildman–Crippen LogP) is 3.76. The van der Waals surface area contributed by atoms with Crippen LogP contribution in [-0.4, -0.2) is 23.6 Å². The highest BCUT2D eigenvalue weighted by atomic mass is 16.5. The maximum atomic E-state index is 12.4. The summed E-state index contributed by atoms with van der Waals surface area (Å²) in [6.45, 7) is 0.209. The second kappa shape index (κ2) is 10.6. The van der Waals surface area contributed by atoms with Gasteiger partial charge in [0.1, 0.15) is 12.4 Å². The molecule has 0 aliphatic heterocycles. The number of hydroxylamine groups is 1. The van der Waals surface area contributed by atoms with E-state index < -0.39 is 5.91 Å². The number of hydrogen-bond acceptors (Lipinski definition) is 4. The minimum absolute atomic E-state index is 0.209. The van der Waals surface area contributed by atoms with Gasteiger partial charge in [0.25, 0.3) is 5.91 Å². The summed E-state index contributed by atoms with van der Waals surface area (Å²) in [5.41, 5.74) is 3.74. The molecule has 2 amide bonds. The second-order valence-corrected chi connectivity index (χ2v) is 6.49. The highest BCUT2D eigenvalue weighted by molar-refractivity contribution is 5.93. The molecule has 0 aliphatic carbocycles. The smallest absolute Gasteiger partial charge is 0.274 e. The molecule has 0 spiro atoms. The Morgan fingerprint density at radius 3 is 2.17 bits per heavy atom. The van der Waals surface area contributed by atoms with Crippen LogP contribution in [0.2, 0.25) is 0 Å². The first-order valence-electron chi connectivity index (χ1n) is 9.41. The van der Waals surface area contributed by atoms with E-state index in [-0.39, 0.29) is 18.6 Å². The van der Waals surface area contributed by atoms with Crippen LogP contribution >= 0.6 is 0 Å². The van der Waals surface area contributed by atoms with Crippen molar-refractivity contribution in [3.63, 3.8) is 0 Å². The largest absolute Gasteiger partial charge is 0.491 e. The monoisotopic (exact) mass is 402 g/mol. The minimum atomic E-state index is -0.596.